The third-order valence-electron chi connectivity index (χ3n) is 4.75. The summed E-state index contributed by atoms with van der Waals surface area (Å²) in [6.07, 6.45) is 0. The van der Waals surface area contributed by atoms with Gasteiger partial charge >= 0.3 is 0 Å². The van der Waals surface area contributed by atoms with Crippen LogP contribution in [0.2, 0.25) is 5.02 Å². The van der Waals surface area contributed by atoms with E-state index in [4.69, 9.17) is 23.8 Å². The summed E-state index contributed by atoms with van der Waals surface area (Å²) in [4.78, 5) is 29.4. The molecule has 0 radical (unpaired) electrons. The van der Waals surface area contributed by atoms with Crippen LogP contribution in [0.1, 0.15) is 30.4 Å². The molecular weight excluding hydrogens is 440 g/mol. The van der Waals surface area contributed by atoms with E-state index in [1.165, 1.54) is 11.3 Å². The summed E-state index contributed by atoms with van der Waals surface area (Å²) in [6, 6.07) is 9.34. The molecular formula is C21H25ClN4O2S2. The van der Waals surface area contributed by atoms with Crippen molar-refractivity contribution < 1.29 is 9.59 Å². The van der Waals surface area contributed by atoms with Crippen molar-refractivity contribution in [1.82, 2.24) is 10.2 Å². The second-order valence-electron chi connectivity index (χ2n) is 8.08. The number of halogens is 1. The lowest BCUT2D eigenvalue weighted by Gasteiger charge is -2.36. The largest absolute Gasteiger partial charge is 0.367 e. The summed E-state index contributed by atoms with van der Waals surface area (Å²) in [5.41, 5.74) is 1.09. The first-order chi connectivity index (χ1) is 14.1. The summed E-state index contributed by atoms with van der Waals surface area (Å²) in [5, 5.41) is 8.42. The summed E-state index contributed by atoms with van der Waals surface area (Å²) in [7, 11) is 0. The minimum atomic E-state index is -0.528. The van der Waals surface area contributed by atoms with E-state index < -0.39 is 5.41 Å². The Morgan fingerprint density at radius 1 is 1.13 bits per heavy atom. The van der Waals surface area contributed by atoms with Crippen molar-refractivity contribution in [3.63, 3.8) is 0 Å². The number of hydrogen-bond acceptors (Lipinski definition) is 5. The zero-order valence-electron chi connectivity index (χ0n) is 17.2. The fourth-order valence-electron chi connectivity index (χ4n) is 3.00. The normalized spacial score (nSPS) is 14.4. The van der Waals surface area contributed by atoms with Crippen molar-refractivity contribution in [2.45, 2.75) is 20.8 Å². The minimum Gasteiger partial charge on any atom is -0.367 e. The van der Waals surface area contributed by atoms with E-state index in [2.05, 4.69) is 15.5 Å². The van der Waals surface area contributed by atoms with Crippen LogP contribution >= 0.6 is 35.2 Å². The molecule has 6 nitrogen and oxygen atoms in total. The van der Waals surface area contributed by atoms with Gasteiger partial charge in [-0.05, 0) is 41.9 Å². The molecule has 0 saturated carbocycles. The summed E-state index contributed by atoms with van der Waals surface area (Å²) in [6.45, 7) is 8.19. The highest BCUT2D eigenvalue weighted by atomic mass is 35.5. The third-order valence-corrected chi connectivity index (χ3v) is 6.12. The number of piperazine rings is 1. The first-order valence-corrected chi connectivity index (χ1v) is 11.3. The van der Waals surface area contributed by atoms with Crippen LogP contribution in [0.4, 0.5) is 11.4 Å². The van der Waals surface area contributed by atoms with Gasteiger partial charge in [-0.3, -0.25) is 9.59 Å². The maximum absolute atomic E-state index is 12.5. The predicted octanol–water partition coefficient (Wildman–Crippen LogP) is 4.22. The summed E-state index contributed by atoms with van der Waals surface area (Å²) < 4.78 is 0. The Hall–Kier alpha value is -2.16. The second-order valence-corrected chi connectivity index (χ2v) is 9.84. The molecule has 1 saturated heterocycles. The lowest BCUT2D eigenvalue weighted by molar-refractivity contribution is -0.126. The van der Waals surface area contributed by atoms with Crippen molar-refractivity contribution >= 4 is 63.5 Å². The van der Waals surface area contributed by atoms with Gasteiger partial charge in [0.25, 0.3) is 5.91 Å². The molecule has 0 atom stereocenters. The average molecular weight is 465 g/mol. The van der Waals surface area contributed by atoms with Crippen LogP contribution in [0, 0.1) is 5.41 Å². The van der Waals surface area contributed by atoms with Crippen LogP contribution in [-0.4, -0.2) is 48.0 Å². The standard InChI is InChI=1S/C21H25ClN4O2S2/c1-21(2,3)19(28)24-20(29)23-14-6-7-16(15(22)13-14)25-8-10-26(11-9-25)18(27)17-5-4-12-30-17/h4-7,12-13H,8-11H2,1-3H3,(H2,23,24,28,29). The van der Waals surface area contributed by atoms with E-state index in [1.807, 2.05) is 55.3 Å². The lowest BCUT2D eigenvalue weighted by Crippen LogP contribution is -2.48. The molecule has 2 amide bonds. The van der Waals surface area contributed by atoms with E-state index in [0.29, 0.717) is 36.9 Å². The van der Waals surface area contributed by atoms with Crippen LogP contribution < -0.4 is 15.5 Å². The van der Waals surface area contributed by atoms with Gasteiger partial charge in [0.15, 0.2) is 5.11 Å². The molecule has 30 heavy (non-hydrogen) atoms. The quantitative estimate of drug-likeness (QED) is 0.666. The number of thiophene rings is 1. The van der Waals surface area contributed by atoms with Crippen LogP contribution in [0.3, 0.4) is 0 Å². The number of benzene rings is 1. The fourth-order valence-corrected chi connectivity index (χ4v) is 4.20. The molecule has 0 spiro atoms. The highest BCUT2D eigenvalue weighted by Crippen LogP contribution is 2.30. The summed E-state index contributed by atoms with van der Waals surface area (Å²) >= 11 is 13.2. The van der Waals surface area contributed by atoms with Crippen molar-refractivity contribution in [1.29, 1.82) is 0 Å². The Morgan fingerprint density at radius 3 is 2.40 bits per heavy atom. The first-order valence-electron chi connectivity index (χ1n) is 9.65. The zero-order valence-corrected chi connectivity index (χ0v) is 19.6. The van der Waals surface area contributed by atoms with E-state index >= 15 is 0 Å². The highest BCUT2D eigenvalue weighted by Gasteiger charge is 2.24. The maximum atomic E-state index is 12.5. The molecule has 2 heterocycles. The summed E-state index contributed by atoms with van der Waals surface area (Å²) in [5.74, 6) is -0.0706. The average Bonchev–Trinajstić information content (AvgIpc) is 3.22. The van der Waals surface area contributed by atoms with Gasteiger partial charge in [0.1, 0.15) is 0 Å². The highest BCUT2D eigenvalue weighted by molar-refractivity contribution is 7.80. The molecule has 1 aliphatic heterocycles. The van der Waals surface area contributed by atoms with Crippen LogP contribution in [0.25, 0.3) is 0 Å². The Morgan fingerprint density at radius 2 is 1.83 bits per heavy atom. The fraction of sp³-hybridized carbons (Fsp3) is 0.381. The molecule has 0 bridgehead atoms. The number of hydrogen-bond donors (Lipinski definition) is 2. The van der Waals surface area contributed by atoms with Gasteiger partial charge in [-0.25, -0.2) is 0 Å². The number of anilines is 2. The van der Waals surface area contributed by atoms with E-state index in [-0.39, 0.29) is 16.9 Å². The van der Waals surface area contributed by atoms with E-state index in [1.54, 1.807) is 6.07 Å². The topological polar surface area (TPSA) is 64.7 Å². The first kappa shape index (κ1) is 22.5. The maximum Gasteiger partial charge on any atom is 0.264 e. The number of amides is 2. The van der Waals surface area contributed by atoms with E-state index in [9.17, 15) is 9.59 Å². The van der Waals surface area contributed by atoms with Crippen LogP contribution in [0.5, 0.6) is 0 Å². The Bertz CT molecular complexity index is 933. The second kappa shape index (κ2) is 9.32. The van der Waals surface area contributed by atoms with Gasteiger partial charge in [-0.1, -0.05) is 38.4 Å². The molecule has 1 aromatic heterocycles. The van der Waals surface area contributed by atoms with Gasteiger partial charge in [0.2, 0.25) is 5.91 Å². The number of carbonyl (C=O) groups is 2. The number of rotatable bonds is 3. The SMILES string of the molecule is CC(C)(C)C(=O)NC(=S)Nc1ccc(N2CCN(C(=O)c3cccs3)CC2)c(Cl)c1. The molecule has 1 fully saturated rings. The minimum absolute atomic E-state index is 0.0844. The van der Waals surface area contributed by atoms with Gasteiger partial charge in [0, 0.05) is 37.3 Å². The number of carbonyl (C=O) groups excluding carboxylic acids is 2. The van der Waals surface area contributed by atoms with Crippen molar-refractivity contribution in [2.24, 2.45) is 5.41 Å². The molecule has 0 unspecified atom stereocenters. The molecule has 0 aliphatic carbocycles. The van der Waals surface area contributed by atoms with Gasteiger partial charge < -0.3 is 20.4 Å². The van der Waals surface area contributed by atoms with Gasteiger partial charge in [-0.2, -0.15) is 0 Å². The number of nitrogens with zero attached hydrogens (tertiary/aromatic N) is 2. The number of nitrogens with one attached hydrogen (secondary N) is 2. The van der Waals surface area contributed by atoms with Crippen molar-refractivity contribution in [3.05, 3.63) is 45.6 Å². The zero-order chi connectivity index (χ0) is 21.9. The van der Waals surface area contributed by atoms with Crippen LogP contribution in [0.15, 0.2) is 35.7 Å². The Kier molecular flexibility index (Phi) is 7.00. The Labute approximate surface area is 191 Å². The number of thiocarbonyl (C=S) groups is 1. The predicted molar refractivity (Wildman–Crippen MR) is 128 cm³/mol. The van der Waals surface area contributed by atoms with Crippen molar-refractivity contribution in [3.8, 4) is 0 Å². The lowest BCUT2D eigenvalue weighted by atomic mass is 9.96. The molecule has 1 aromatic carbocycles. The molecule has 2 N–H and O–H groups in total. The monoisotopic (exact) mass is 464 g/mol. The smallest absolute Gasteiger partial charge is 0.264 e. The molecule has 2 aromatic rings. The van der Waals surface area contributed by atoms with Crippen LogP contribution in [-0.2, 0) is 4.79 Å². The van der Waals surface area contributed by atoms with Gasteiger partial charge in [-0.15, -0.1) is 11.3 Å². The molecule has 1 aliphatic rings. The molecule has 160 valence electrons. The van der Waals surface area contributed by atoms with E-state index in [0.717, 1.165) is 10.6 Å². The third kappa shape index (κ3) is 5.50. The molecule has 9 heteroatoms. The van der Waals surface area contributed by atoms with Crippen molar-refractivity contribution in [2.75, 3.05) is 36.4 Å². The molecule has 3 rings (SSSR count). The van der Waals surface area contributed by atoms with Gasteiger partial charge in [0.05, 0.1) is 15.6 Å². The Balaban J connectivity index is 1.57.